The van der Waals surface area contributed by atoms with E-state index in [1.165, 1.54) is 12.1 Å². The zero-order valence-electron chi connectivity index (χ0n) is 13.0. The maximum Gasteiger partial charge on any atom is 0.240 e. The highest BCUT2D eigenvalue weighted by Crippen LogP contribution is 2.29. The van der Waals surface area contributed by atoms with Gasteiger partial charge >= 0.3 is 0 Å². The van der Waals surface area contributed by atoms with Crippen molar-refractivity contribution in [2.75, 3.05) is 32.8 Å². The molecule has 1 saturated heterocycles. The van der Waals surface area contributed by atoms with Crippen LogP contribution in [0.5, 0.6) is 0 Å². The lowest BCUT2D eigenvalue weighted by Crippen LogP contribution is -2.50. The lowest BCUT2D eigenvalue weighted by atomic mass is 9.79. The summed E-state index contributed by atoms with van der Waals surface area (Å²) in [7, 11) is -3.55. The molecule has 1 aromatic rings. The molecule has 0 aliphatic carbocycles. The average molecular weight is 341 g/mol. The summed E-state index contributed by atoms with van der Waals surface area (Å²) in [6.07, 6.45) is 1.18. The van der Waals surface area contributed by atoms with Crippen LogP contribution in [-0.4, -0.2) is 47.2 Å². The van der Waals surface area contributed by atoms with Gasteiger partial charge in [-0.25, -0.2) is 13.1 Å². The van der Waals surface area contributed by atoms with Crippen LogP contribution >= 0.6 is 0 Å². The first kappa shape index (κ1) is 17.9. The number of ether oxygens (including phenoxy) is 1. The molecule has 1 aliphatic rings. The molecule has 7 nitrogen and oxygen atoms in total. The van der Waals surface area contributed by atoms with E-state index in [2.05, 4.69) is 10.0 Å². The zero-order chi connectivity index (χ0) is 16.8. The summed E-state index contributed by atoms with van der Waals surface area (Å²) in [5, 5.41) is 2.77. The second-order valence-electron chi connectivity index (χ2n) is 5.56. The van der Waals surface area contributed by atoms with Crippen molar-refractivity contribution in [1.82, 2.24) is 10.0 Å². The predicted octanol–water partition coefficient (Wildman–Crippen LogP) is -0.163. The number of nitrogens with one attached hydrogen (secondary N) is 2. The van der Waals surface area contributed by atoms with Crippen LogP contribution in [0.4, 0.5) is 0 Å². The van der Waals surface area contributed by atoms with Crippen LogP contribution in [0.1, 0.15) is 12.8 Å². The van der Waals surface area contributed by atoms with Crippen LogP contribution in [0.3, 0.4) is 0 Å². The number of carbonyl (C=O) groups excluding carboxylic acids is 1. The molecule has 4 N–H and O–H groups in total. The first-order valence-corrected chi connectivity index (χ1v) is 9.09. The first-order chi connectivity index (χ1) is 11.0. The highest BCUT2D eigenvalue weighted by molar-refractivity contribution is 7.89. The van der Waals surface area contributed by atoms with Crippen molar-refractivity contribution in [3.8, 4) is 0 Å². The number of sulfonamides is 1. The van der Waals surface area contributed by atoms with Crippen molar-refractivity contribution in [2.45, 2.75) is 17.7 Å². The van der Waals surface area contributed by atoms with Crippen LogP contribution in [0.15, 0.2) is 35.2 Å². The Morgan fingerprint density at radius 3 is 2.43 bits per heavy atom. The second kappa shape index (κ2) is 7.87. The maximum atomic E-state index is 12.3. The Hall–Kier alpha value is -1.48. The smallest absolute Gasteiger partial charge is 0.240 e. The molecule has 0 aromatic heterocycles. The number of nitrogens with two attached hydrogens (primary N) is 1. The molecule has 1 heterocycles. The fraction of sp³-hybridized carbons (Fsp3) is 0.533. The number of hydrogen-bond acceptors (Lipinski definition) is 5. The molecule has 0 saturated carbocycles. The van der Waals surface area contributed by atoms with Crippen molar-refractivity contribution in [2.24, 2.45) is 11.1 Å². The molecule has 0 spiro atoms. The molecule has 23 heavy (non-hydrogen) atoms. The Kier molecular flexibility index (Phi) is 6.11. The van der Waals surface area contributed by atoms with Crippen molar-refractivity contribution < 1.29 is 17.9 Å². The van der Waals surface area contributed by atoms with Crippen LogP contribution in [0.25, 0.3) is 0 Å². The molecular weight excluding hydrogens is 318 g/mol. The van der Waals surface area contributed by atoms with Crippen molar-refractivity contribution in [3.05, 3.63) is 30.3 Å². The summed E-state index contributed by atoms with van der Waals surface area (Å²) < 4.78 is 31.8. The fourth-order valence-electron chi connectivity index (χ4n) is 2.52. The molecule has 1 amide bonds. The van der Waals surface area contributed by atoms with Gasteiger partial charge in [0.05, 0.1) is 10.3 Å². The molecule has 0 unspecified atom stereocenters. The van der Waals surface area contributed by atoms with E-state index in [0.717, 1.165) is 0 Å². The highest BCUT2D eigenvalue weighted by atomic mass is 32.2. The Bertz CT molecular complexity index is 613. The van der Waals surface area contributed by atoms with Gasteiger partial charge in [-0.1, -0.05) is 18.2 Å². The number of benzene rings is 1. The highest BCUT2D eigenvalue weighted by Gasteiger charge is 2.38. The Morgan fingerprint density at radius 2 is 1.83 bits per heavy atom. The summed E-state index contributed by atoms with van der Waals surface area (Å²) in [4.78, 5) is 12.5. The third kappa shape index (κ3) is 4.51. The van der Waals surface area contributed by atoms with Gasteiger partial charge in [0.1, 0.15) is 0 Å². The SMILES string of the molecule is NCC1(C(=O)NCCNS(=O)(=O)c2ccccc2)CCOCC1. The summed E-state index contributed by atoms with van der Waals surface area (Å²) in [5.74, 6) is -0.137. The average Bonchev–Trinajstić information content (AvgIpc) is 2.60. The Labute approximate surface area is 136 Å². The molecule has 0 radical (unpaired) electrons. The normalized spacial score (nSPS) is 17.6. The van der Waals surface area contributed by atoms with E-state index < -0.39 is 15.4 Å². The van der Waals surface area contributed by atoms with E-state index in [1.807, 2.05) is 0 Å². The minimum Gasteiger partial charge on any atom is -0.381 e. The molecule has 0 bridgehead atoms. The van der Waals surface area contributed by atoms with Gasteiger partial charge in [-0.15, -0.1) is 0 Å². The standard InChI is InChI=1S/C15H23N3O4S/c16-12-15(6-10-22-11-7-15)14(19)17-8-9-18-23(20,21)13-4-2-1-3-5-13/h1-5,18H,6-12,16H2,(H,17,19). The van der Waals surface area contributed by atoms with Gasteiger partial charge in [0.25, 0.3) is 0 Å². The zero-order valence-corrected chi connectivity index (χ0v) is 13.8. The van der Waals surface area contributed by atoms with Crippen LogP contribution < -0.4 is 15.8 Å². The van der Waals surface area contributed by atoms with Crippen LogP contribution in [0.2, 0.25) is 0 Å². The van der Waals surface area contributed by atoms with Gasteiger partial charge in [-0.3, -0.25) is 4.79 Å². The van der Waals surface area contributed by atoms with E-state index in [4.69, 9.17) is 10.5 Å². The summed E-state index contributed by atoms with van der Waals surface area (Å²) in [5.41, 5.74) is 5.16. The maximum absolute atomic E-state index is 12.3. The van der Waals surface area contributed by atoms with Gasteiger partial charge in [0, 0.05) is 32.8 Å². The molecule has 1 fully saturated rings. The van der Waals surface area contributed by atoms with Gasteiger partial charge < -0.3 is 15.8 Å². The lowest BCUT2D eigenvalue weighted by Gasteiger charge is -2.34. The topological polar surface area (TPSA) is 111 Å². The minimum atomic E-state index is -3.55. The predicted molar refractivity (Wildman–Crippen MR) is 86.2 cm³/mol. The number of amides is 1. The number of rotatable bonds is 7. The van der Waals surface area contributed by atoms with Crippen molar-refractivity contribution in [1.29, 1.82) is 0 Å². The summed E-state index contributed by atoms with van der Waals surface area (Å²) in [6, 6.07) is 8.11. The minimum absolute atomic E-state index is 0.125. The summed E-state index contributed by atoms with van der Waals surface area (Å²) >= 11 is 0. The quantitative estimate of drug-likeness (QED) is 0.597. The van der Waals surface area contributed by atoms with Gasteiger partial charge in [-0.2, -0.15) is 0 Å². The first-order valence-electron chi connectivity index (χ1n) is 7.61. The van der Waals surface area contributed by atoms with Crippen molar-refractivity contribution in [3.63, 3.8) is 0 Å². The molecule has 8 heteroatoms. The molecule has 1 aliphatic heterocycles. The molecular formula is C15H23N3O4S. The van der Waals surface area contributed by atoms with E-state index in [-0.39, 0.29) is 30.4 Å². The largest absolute Gasteiger partial charge is 0.381 e. The van der Waals surface area contributed by atoms with Crippen LogP contribution in [-0.2, 0) is 19.6 Å². The Balaban J connectivity index is 1.82. The summed E-state index contributed by atoms with van der Waals surface area (Å²) in [6.45, 7) is 1.64. The van der Waals surface area contributed by atoms with E-state index in [1.54, 1.807) is 18.2 Å². The van der Waals surface area contributed by atoms with E-state index >= 15 is 0 Å². The third-order valence-electron chi connectivity index (χ3n) is 4.08. The van der Waals surface area contributed by atoms with E-state index in [9.17, 15) is 13.2 Å². The molecule has 128 valence electrons. The second-order valence-corrected chi connectivity index (χ2v) is 7.33. The fourth-order valence-corrected chi connectivity index (χ4v) is 3.57. The lowest BCUT2D eigenvalue weighted by molar-refractivity contribution is -0.135. The van der Waals surface area contributed by atoms with Crippen LogP contribution in [0, 0.1) is 5.41 Å². The van der Waals surface area contributed by atoms with E-state index in [0.29, 0.717) is 26.1 Å². The number of carbonyl (C=O) groups is 1. The molecule has 0 atom stereocenters. The van der Waals surface area contributed by atoms with Gasteiger partial charge in [-0.05, 0) is 25.0 Å². The van der Waals surface area contributed by atoms with Gasteiger partial charge in [0.15, 0.2) is 0 Å². The number of hydrogen-bond donors (Lipinski definition) is 3. The molecule has 2 rings (SSSR count). The van der Waals surface area contributed by atoms with Crippen molar-refractivity contribution >= 4 is 15.9 Å². The molecule has 1 aromatic carbocycles. The van der Waals surface area contributed by atoms with Gasteiger partial charge in [0.2, 0.25) is 15.9 Å². The third-order valence-corrected chi connectivity index (χ3v) is 5.56. The Morgan fingerprint density at radius 1 is 1.17 bits per heavy atom. The monoisotopic (exact) mass is 341 g/mol.